The van der Waals surface area contributed by atoms with Gasteiger partial charge in [-0.2, -0.15) is 0 Å². The van der Waals surface area contributed by atoms with Gasteiger partial charge in [-0.05, 0) is 0 Å². The first-order chi connectivity index (χ1) is 8.97. The van der Waals surface area contributed by atoms with E-state index in [0.29, 0.717) is 11.3 Å². The van der Waals surface area contributed by atoms with Crippen molar-refractivity contribution in [3.05, 3.63) is 11.3 Å². The molecular weight excluding hydrogens is 272 g/mol. The van der Waals surface area contributed by atoms with Crippen LogP contribution in [0.3, 0.4) is 0 Å². The molecule has 0 aliphatic carbocycles. The van der Waals surface area contributed by atoms with Crippen LogP contribution in [0.25, 0.3) is 0 Å². The summed E-state index contributed by atoms with van der Waals surface area (Å²) in [6.45, 7) is 1.25. The lowest BCUT2D eigenvalue weighted by atomic mass is 10.0. The van der Waals surface area contributed by atoms with E-state index in [1.807, 2.05) is 0 Å². The Balaban J connectivity index is 2.28. The summed E-state index contributed by atoms with van der Waals surface area (Å²) in [4.78, 5) is 35.7. The zero-order chi connectivity index (χ0) is 14.2. The molecule has 0 bridgehead atoms. The predicted octanol–water partition coefficient (Wildman–Crippen LogP) is -0.781. The lowest BCUT2D eigenvalue weighted by Crippen LogP contribution is -2.68. The second kappa shape index (κ2) is 5.22. The normalized spacial score (nSPS) is 25.6. The molecule has 2 N–H and O–H groups in total. The van der Waals surface area contributed by atoms with Crippen LogP contribution in [0.4, 0.5) is 0 Å². The molecule has 2 aliphatic heterocycles. The van der Waals surface area contributed by atoms with E-state index in [4.69, 9.17) is 10.5 Å². The molecule has 2 heterocycles. The molecule has 19 heavy (non-hydrogen) atoms. The van der Waals surface area contributed by atoms with Crippen LogP contribution >= 0.6 is 11.8 Å². The lowest BCUT2D eigenvalue weighted by Gasteiger charge is -2.48. The third-order valence-electron chi connectivity index (χ3n) is 2.92. The van der Waals surface area contributed by atoms with Gasteiger partial charge in [0.05, 0.1) is 7.11 Å². The van der Waals surface area contributed by atoms with Crippen molar-refractivity contribution >= 4 is 29.6 Å². The van der Waals surface area contributed by atoms with Crippen LogP contribution in [-0.2, 0) is 23.9 Å². The molecule has 0 aromatic heterocycles. The number of methoxy groups -OCH3 is 1. The molecule has 8 heteroatoms. The third kappa shape index (κ3) is 2.33. The van der Waals surface area contributed by atoms with Crippen molar-refractivity contribution in [1.82, 2.24) is 4.90 Å². The first kappa shape index (κ1) is 13.9. The number of ether oxygens (including phenoxy) is 2. The Morgan fingerprint density at radius 2 is 2.21 bits per heavy atom. The largest absolute Gasteiger partial charge is 0.464 e. The maximum absolute atomic E-state index is 11.8. The van der Waals surface area contributed by atoms with E-state index in [2.05, 4.69) is 4.74 Å². The number of fused-ring (bicyclic) bond motifs is 1. The highest BCUT2D eigenvalue weighted by Crippen LogP contribution is 2.39. The fraction of sp³-hybridized carbons (Fsp3) is 0.545. The lowest BCUT2D eigenvalue weighted by molar-refractivity contribution is -0.149. The Morgan fingerprint density at radius 3 is 2.79 bits per heavy atom. The summed E-state index contributed by atoms with van der Waals surface area (Å²) in [6, 6.07) is -0.597. The number of rotatable bonds is 3. The van der Waals surface area contributed by atoms with E-state index in [0.717, 1.165) is 0 Å². The first-order valence-corrected chi connectivity index (χ1v) is 6.66. The minimum absolute atomic E-state index is 0.0293. The molecule has 0 radical (unpaired) electrons. The van der Waals surface area contributed by atoms with Gasteiger partial charge in [-0.25, -0.2) is 4.79 Å². The Labute approximate surface area is 114 Å². The molecule has 2 aliphatic rings. The molecule has 0 saturated carbocycles. The van der Waals surface area contributed by atoms with Crippen LogP contribution in [-0.4, -0.2) is 53.6 Å². The second-order valence-corrected chi connectivity index (χ2v) is 5.26. The van der Waals surface area contributed by atoms with Gasteiger partial charge in [-0.1, -0.05) is 0 Å². The molecule has 1 saturated heterocycles. The number of hydrogen-bond donors (Lipinski definition) is 1. The summed E-state index contributed by atoms with van der Waals surface area (Å²) in [5.74, 6) is -0.916. The minimum atomic E-state index is -0.618. The fourth-order valence-corrected chi connectivity index (χ4v) is 3.24. The number of hydrogen-bond acceptors (Lipinski definition) is 7. The maximum Gasteiger partial charge on any atom is 0.354 e. The SMILES string of the molecule is COC(=O)C1=C(COC(C)=O)CS[C@H]2C(N)C(=O)N12. The summed E-state index contributed by atoms with van der Waals surface area (Å²) in [6.07, 6.45) is 0. The van der Waals surface area contributed by atoms with E-state index >= 15 is 0 Å². The molecule has 0 aromatic carbocycles. The number of amides is 1. The molecule has 2 atom stereocenters. The highest BCUT2D eigenvalue weighted by Gasteiger charge is 2.52. The van der Waals surface area contributed by atoms with E-state index in [1.165, 1.54) is 30.7 Å². The van der Waals surface area contributed by atoms with E-state index < -0.39 is 18.0 Å². The summed E-state index contributed by atoms with van der Waals surface area (Å²) in [7, 11) is 1.24. The van der Waals surface area contributed by atoms with Gasteiger partial charge in [0, 0.05) is 18.2 Å². The van der Waals surface area contributed by atoms with Gasteiger partial charge >= 0.3 is 11.9 Å². The molecule has 0 aromatic rings. The van der Waals surface area contributed by atoms with Gasteiger partial charge in [0.15, 0.2) is 0 Å². The number of nitrogens with two attached hydrogens (primary N) is 1. The maximum atomic E-state index is 11.8. The summed E-state index contributed by atoms with van der Waals surface area (Å²) in [5.41, 5.74) is 6.39. The molecule has 1 fully saturated rings. The van der Waals surface area contributed by atoms with Crippen LogP contribution in [0.1, 0.15) is 6.92 Å². The first-order valence-electron chi connectivity index (χ1n) is 5.61. The van der Waals surface area contributed by atoms with Crippen LogP contribution in [0.2, 0.25) is 0 Å². The smallest absolute Gasteiger partial charge is 0.354 e. The van der Waals surface area contributed by atoms with Crippen LogP contribution in [0, 0.1) is 0 Å². The molecule has 2 rings (SSSR count). The average Bonchev–Trinajstić information content (AvgIpc) is 2.42. The Bertz CT molecular complexity index is 476. The number of esters is 2. The Morgan fingerprint density at radius 1 is 1.53 bits per heavy atom. The molecule has 7 nitrogen and oxygen atoms in total. The summed E-state index contributed by atoms with van der Waals surface area (Å²) < 4.78 is 9.57. The highest BCUT2D eigenvalue weighted by atomic mass is 32.2. The van der Waals surface area contributed by atoms with Gasteiger partial charge in [-0.3, -0.25) is 14.5 Å². The summed E-state index contributed by atoms with van der Waals surface area (Å²) >= 11 is 1.44. The van der Waals surface area contributed by atoms with Crippen molar-refractivity contribution in [3.8, 4) is 0 Å². The standard InChI is InChI=1S/C11H14N2O5S/c1-5(14)18-3-6-4-19-10-7(12)9(15)13(10)8(6)11(16)17-2/h7,10H,3-4,12H2,1-2H3/t7?,10-/m0/s1. The van der Waals surface area contributed by atoms with Crippen molar-refractivity contribution in [2.24, 2.45) is 5.73 Å². The van der Waals surface area contributed by atoms with Crippen LogP contribution < -0.4 is 5.73 Å². The number of thioether (sulfide) groups is 1. The fourth-order valence-electron chi connectivity index (χ4n) is 1.96. The Kier molecular flexibility index (Phi) is 3.81. The molecular formula is C11H14N2O5S. The quantitative estimate of drug-likeness (QED) is 0.536. The zero-order valence-electron chi connectivity index (χ0n) is 10.5. The van der Waals surface area contributed by atoms with Gasteiger partial charge in [-0.15, -0.1) is 11.8 Å². The van der Waals surface area contributed by atoms with Crippen molar-refractivity contribution in [2.45, 2.75) is 18.3 Å². The third-order valence-corrected chi connectivity index (χ3v) is 4.28. The predicted molar refractivity (Wildman–Crippen MR) is 66.7 cm³/mol. The van der Waals surface area contributed by atoms with E-state index in [9.17, 15) is 14.4 Å². The van der Waals surface area contributed by atoms with Crippen molar-refractivity contribution < 1.29 is 23.9 Å². The monoisotopic (exact) mass is 286 g/mol. The topological polar surface area (TPSA) is 98.9 Å². The van der Waals surface area contributed by atoms with Crippen LogP contribution in [0.15, 0.2) is 11.3 Å². The number of nitrogens with zero attached hydrogens (tertiary/aromatic N) is 1. The molecule has 1 unspecified atom stereocenters. The van der Waals surface area contributed by atoms with E-state index in [1.54, 1.807) is 0 Å². The van der Waals surface area contributed by atoms with Crippen molar-refractivity contribution in [3.63, 3.8) is 0 Å². The number of carbonyl (C=O) groups is 3. The number of β-lactam (4-membered cyclic amide) rings is 1. The van der Waals surface area contributed by atoms with Gasteiger partial charge in [0.25, 0.3) is 0 Å². The molecule has 0 spiro atoms. The average molecular weight is 286 g/mol. The van der Waals surface area contributed by atoms with Crippen molar-refractivity contribution in [2.75, 3.05) is 19.5 Å². The second-order valence-electron chi connectivity index (χ2n) is 4.16. The van der Waals surface area contributed by atoms with Gasteiger partial charge < -0.3 is 15.2 Å². The summed E-state index contributed by atoms with van der Waals surface area (Å²) in [5, 5.41) is -0.248. The molecule has 1 amide bonds. The van der Waals surface area contributed by atoms with Gasteiger partial charge in [0.1, 0.15) is 23.7 Å². The highest BCUT2D eigenvalue weighted by molar-refractivity contribution is 8.00. The molecule has 104 valence electrons. The van der Waals surface area contributed by atoms with E-state index in [-0.39, 0.29) is 23.6 Å². The van der Waals surface area contributed by atoms with Crippen LogP contribution in [0.5, 0.6) is 0 Å². The Hall–Kier alpha value is -1.54. The van der Waals surface area contributed by atoms with Crippen molar-refractivity contribution in [1.29, 1.82) is 0 Å². The zero-order valence-corrected chi connectivity index (χ0v) is 11.4. The minimum Gasteiger partial charge on any atom is -0.464 e. The van der Waals surface area contributed by atoms with Gasteiger partial charge in [0.2, 0.25) is 5.91 Å². The number of carbonyl (C=O) groups excluding carboxylic acids is 3.